The Morgan fingerprint density at radius 2 is 1.43 bits per heavy atom. The smallest absolute Gasteiger partial charge is 0.408 e. The summed E-state index contributed by atoms with van der Waals surface area (Å²) in [7, 11) is 1.51. The maximum atomic E-state index is 14.0. The molecule has 0 saturated heterocycles. The molecule has 0 fully saturated rings. The average Bonchev–Trinajstić information content (AvgIpc) is 2.85. The number of esters is 1. The molecule has 9 nitrogen and oxygen atoms in total. The van der Waals surface area contributed by atoms with Gasteiger partial charge in [-0.15, -0.1) is 0 Å². The Kier molecular flexibility index (Phi) is 11.7. The van der Waals surface area contributed by atoms with E-state index in [0.29, 0.717) is 5.56 Å². The zero-order chi connectivity index (χ0) is 31.8. The molecule has 0 aliphatic rings. The Morgan fingerprint density at radius 1 is 0.833 bits per heavy atom. The summed E-state index contributed by atoms with van der Waals surface area (Å²) in [5.74, 6) is -1.91. The first-order valence-electron chi connectivity index (χ1n) is 14.3. The first-order chi connectivity index (χ1) is 19.4. The molecule has 3 unspecified atom stereocenters. The van der Waals surface area contributed by atoms with Crippen LogP contribution in [0.5, 0.6) is 0 Å². The van der Waals surface area contributed by atoms with E-state index in [0.717, 1.165) is 11.1 Å². The highest BCUT2D eigenvalue weighted by molar-refractivity contribution is 5.94. The quantitative estimate of drug-likeness (QED) is 0.377. The number of likely N-dealkylation sites (N-methyl/N-ethyl adjacent to an activating group) is 1. The van der Waals surface area contributed by atoms with E-state index in [4.69, 9.17) is 9.47 Å². The van der Waals surface area contributed by atoms with Gasteiger partial charge in [0, 0.05) is 13.5 Å². The molecule has 3 amide bonds. The maximum Gasteiger partial charge on any atom is 0.408 e. The monoisotopic (exact) mass is 581 g/mol. The SMILES string of the molecule is Cc1cccc(C(C(=O)NC(Cc2ccccc2)C(=O)OC(C)(C)C)N(C)C(=O)C(NC(=O)OC(C)(C)C)C(C)C)c1. The molecule has 0 saturated carbocycles. The molecule has 2 N–H and O–H groups in total. The number of benzene rings is 2. The van der Waals surface area contributed by atoms with Crippen molar-refractivity contribution in [1.82, 2.24) is 15.5 Å². The van der Waals surface area contributed by atoms with Crippen LogP contribution in [0.15, 0.2) is 54.6 Å². The van der Waals surface area contributed by atoms with Crippen molar-refractivity contribution >= 4 is 23.9 Å². The van der Waals surface area contributed by atoms with Gasteiger partial charge in [-0.25, -0.2) is 9.59 Å². The molecule has 0 spiro atoms. The van der Waals surface area contributed by atoms with Crippen molar-refractivity contribution < 1.29 is 28.7 Å². The van der Waals surface area contributed by atoms with Crippen LogP contribution in [0.2, 0.25) is 0 Å². The number of nitrogens with one attached hydrogen (secondary N) is 2. The third-order valence-corrected chi connectivity index (χ3v) is 6.24. The first-order valence-corrected chi connectivity index (χ1v) is 14.3. The van der Waals surface area contributed by atoms with Crippen LogP contribution < -0.4 is 10.6 Å². The lowest BCUT2D eigenvalue weighted by atomic mass is 9.98. The highest BCUT2D eigenvalue weighted by Crippen LogP contribution is 2.24. The van der Waals surface area contributed by atoms with E-state index in [1.807, 2.05) is 49.4 Å². The molecule has 3 atom stereocenters. The fraction of sp³-hybridized carbons (Fsp3) is 0.515. The molecule has 2 aromatic carbocycles. The number of carbonyl (C=O) groups is 4. The number of rotatable bonds is 10. The highest BCUT2D eigenvalue weighted by Gasteiger charge is 2.37. The number of carbonyl (C=O) groups excluding carboxylic acids is 4. The van der Waals surface area contributed by atoms with Crippen molar-refractivity contribution in [2.75, 3.05) is 7.05 Å². The summed E-state index contributed by atoms with van der Waals surface area (Å²) in [4.78, 5) is 55.1. The zero-order valence-corrected chi connectivity index (χ0v) is 26.6. The predicted octanol–water partition coefficient (Wildman–Crippen LogP) is 5.11. The van der Waals surface area contributed by atoms with Gasteiger partial charge < -0.3 is 25.0 Å². The molecule has 0 heterocycles. The summed E-state index contributed by atoms with van der Waals surface area (Å²) in [5.41, 5.74) is 0.779. The second-order valence-electron chi connectivity index (χ2n) is 12.9. The number of ether oxygens (including phenoxy) is 2. The number of hydrogen-bond donors (Lipinski definition) is 2. The Labute approximate surface area is 250 Å². The summed E-state index contributed by atoms with van der Waals surface area (Å²) in [5, 5.41) is 5.53. The van der Waals surface area contributed by atoms with Crippen molar-refractivity contribution in [3.63, 3.8) is 0 Å². The summed E-state index contributed by atoms with van der Waals surface area (Å²) >= 11 is 0. The van der Waals surface area contributed by atoms with E-state index < -0.39 is 53.2 Å². The fourth-order valence-corrected chi connectivity index (χ4v) is 4.35. The minimum atomic E-state index is -1.10. The third kappa shape index (κ3) is 10.8. The summed E-state index contributed by atoms with van der Waals surface area (Å²) < 4.78 is 11.0. The Morgan fingerprint density at radius 3 is 1.95 bits per heavy atom. The molecule has 2 rings (SSSR count). The topological polar surface area (TPSA) is 114 Å². The minimum Gasteiger partial charge on any atom is -0.458 e. The van der Waals surface area contributed by atoms with E-state index in [9.17, 15) is 19.2 Å². The number of nitrogens with zero attached hydrogens (tertiary/aromatic N) is 1. The second-order valence-corrected chi connectivity index (χ2v) is 12.9. The molecule has 0 aliphatic carbocycles. The summed E-state index contributed by atoms with van der Waals surface area (Å²) in [6.07, 6.45) is -0.526. The number of hydrogen-bond acceptors (Lipinski definition) is 6. The van der Waals surface area contributed by atoms with Crippen molar-refractivity contribution in [1.29, 1.82) is 0 Å². The van der Waals surface area contributed by atoms with Gasteiger partial charge in [-0.05, 0) is 65.5 Å². The van der Waals surface area contributed by atoms with Gasteiger partial charge in [-0.2, -0.15) is 0 Å². The van der Waals surface area contributed by atoms with Gasteiger partial charge in [0.1, 0.15) is 29.3 Å². The maximum absolute atomic E-state index is 14.0. The van der Waals surface area contributed by atoms with Gasteiger partial charge in [0.15, 0.2) is 0 Å². The summed E-state index contributed by atoms with van der Waals surface area (Å²) in [6, 6.07) is 13.5. The number of aryl methyl sites for hydroxylation is 1. The van der Waals surface area contributed by atoms with Gasteiger partial charge in [-0.3, -0.25) is 9.59 Å². The molecular formula is C33H47N3O6. The first kappa shape index (κ1) is 34.3. The fourth-order valence-electron chi connectivity index (χ4n) is 4.35. The van der Waals surface area contributed by atoms with E-state index in [2.05, 4.69) is 10.6 Å². The van der Waals surface area contributed by atoms with Crippen LogP contribution in [0.25, 0.3) is 0 Å². The van der Waals surface area contributed by atoms with Crippen LogP contribution in [0.4, 0.5) is 4.79 Å². The normalized spacial score (nSPS) is 13.9. The molecule has 0 radical (unpaired) electrons. The predicted molar refractivity (Wildman–Crippen MR) is 163 cm³/mol. The standard InChI is InChI=1S/C33H47N3O6/c1-21(2)26(35-31(40)42-33(7,8)9)29(38)36(10)27(24-18-14-15-22(3)19-24)28(37)34-25(30(39)41-32(4,5)6)20-23-16-12-11-13-17-23/h11-19,21,25-27H,20H2,1-10H3,(H,34,37)(H,35,40). The van der Waals surface area contributed by atoms with Gasteiger partial charge in [0.25, 0.3) is 0 Å². The van der Waals surface area contributed by atoms with Gasteiger partial charge >= 0.3 is 12.1 Å². The molecule has 230 valence electrons. The third-order valence-electron chi connectivity index (χ3n) is 6.24. The van der Waals surface area contributed by atoms with Crippen molar-refractivity contribution in [3.05, 3.63) is 71.3 Å². The van der Waals surface area contributed by atoms with E-state index in [1.54, 1.807) is 67.5 Å². The van der Waals surface area contributed by atoms with Crippen molar-refractivity contribution in [2.24, 2.45) is 5.92 Å². The zero-order valence-electron chi connectivity index (χ0n) is 26.6. The molecule has 0 aromatic heterocycles. The molecule has 2 aromatic rings. The Hall–Kier alpha value is -3.88. The number of amides is 3. The lowest BCUT2D eigenvalue weighted by Crippen LogP contribution is -2.55. The van der Waals surface area contributed by atoms with Crippen molar-refractivity contribution in [2.45, 2.75) is 98.1 Å². The highest BCUT2D eigenvalue weighted by atomic mass is 16.6. The van der Waals surface area contributed by atoms with Crippen LogP contribution >= 0.6 is 0 Å². The lowest BCUT2D eigenvalue weighted by molar-refractivity contribution is -0.159. The van der Waals surface area contributed by atoms with E-state index in [-0.39, 0.29) is 12.3 Å². The largest absolute Gasteiger partial charge is 0.458 e. The lowest BCUT2D eigenvalue weighted by Gasteiger charge is -2.34. The van der Waals surface area contributed by atoms with Crippen LogP contribution in [-0.4, -0.2) is 59.1 Å². The molecule has 9 heteroatoms. The van der Waals surface area contributed by atoms with E-state index in [1.165, 1.54) is 11.9 Å². The van der Waals surface area contributed by atoms with E-state index >= 15 is 0 Å². The van der Waals surface area contributed by atoms with Crippen LogP contribution in [0.3, 0.4) is 0 Å². The minimum absolute atomic E-state index is 0.203. The van der Waals surface area contributed by atoms with Crippen LogP contribution in [0.1, 0.15) is 78.1 Å². The number of alkyl carbamates (subject to hydrolysis) is 1. The Bertz CT molecular complexity index is 1230. The molecule has 0 bridgehead atoms. The molecular weight excluding hydrogens is 534 g/mol. The van der Waals surface area contributed by atoms with Gasteiger partial charge in [0.05, 0.1) is 0 Å². The van der Waals surface area contributed by atoms with Gasteiger partial charge in [-0.1, -0.05) is 74.0 Å². The summed E-state index contributed by atoms with van der Waals surface area (Å²) in [6.45, 7) is 16.0. The average molecular weight is 582 g/mol. The Balaban J connectivity index is 2.46. The van der Waals surface area contributed by atoms with Crippen LogP contribution in [0, 0.1) is 12.8 Å². The molecule has 42 heavy (non-hydrogen) atoms. The second kappa shape index (κ2) is 14.3. The molecule has 0 aliphatic heterocycles. The van der Waals surface area contributed by atoms with Gasteiger partial charge in [0.2, 0.25) is 11.8 Å². The van der Waals surface area contributed by atoms with Crippen LogP contribution in [-0.2, 0) is 30.3 Å². The van der Waals surface area contributed by atoms with Crippen molar-refractivity contribution in [3.8, 4) is 0 Å².